The number of ether oxygens (including phenoxy) is 1. The molecule has 0 saturated carbocycles. The van der Waals surface area contributed by atoms with Gasteiger partial charge in [-0.2, -0.15) is 11.8 Å². The standard InChI is InChI=1S/C14H20FNO3S/c1-19-13-4-3-11(9-12(13)15)10-14(18)16-5-8-20-7-2-6-17/h3-4,9,17H,2,5-8,10H2,1H3,(H,16,18). The molecule has 1 amide bonds. The van der Waals surface area contributed by atoms with Crippen LogP contribution >= 0.6 is 11.8 Å². The van der Waals surface area contributed by atoms with Crippen LogP contribution in [-0.2, 0) is 11.2 Å². The molecule has 0 fully saturated rings. The van der Waals surface area contributed by atoms with Gasteiger partial charge in [-0.1, -0.05) is 6.07 Å². The number of carbonyl (C=O) groups excluding carboxylic acids is 1. The highest BCUT2D eigenvalue weighted by molar-refractivity contribution is 7.99. The van der Waals surface area contributed by atoms with E-state index in [1.807, 2.05) is 0 Å². The van der Waals surface area contributed by atoms with E-state index in [1.165, 1.54) is 19.2 Å². The lowest BCUT2D eigenvalue weighted by atomic mass is 10.1. The number of thioether (sulfide) groups is 1. The highest BCUT2D eigenvalue weighted by Gasteiger charge is 2.07. The van der Waals surface area contributed by atoms with Gasteiger partial charge < -0.3 is 15.2 Å². The van der Waals surface area contributed by atoms with Gasteiger partial charge in [0.25, 0.3) is 0 Å². The van der Waals surface area contributed by atoms with E-state index in [9.17, 15) is 9.18 Å². The summed E-state index contributed by atoms with van der Waals surface area (Å²) in [6, 6.07) is 4.51. The summed E-state index contributed by atoms with van der Waals surface area (Å²) < 4.78 is 18.3. The van der Waals surface area contributed by atoms with Crippen molar-refractivity contribution in [3.63, 3.8) is 0 Å². The Labute approximate surface area is 122 Å². The fourth-order valence-corrected chi connectivity index (χ4v) is 2.38. The molecule has 0 aliphatic rings. The first-order valence-electron chi connectivity index (χ1n) is 6.45. The molecule has 1 aromatic carbocycles. The van der Waals surface area contributed by atoms with E-state index >= 15 is 0 Å². The minimum atomic E-state index is -0.461. The first-order valence-corrected chi connectivity index (χ1v) is 7.60. The predicted molar refractivity (Wildman–Crippen MR) is 78.7 cm³/mol. The van der Waals surface area contributed by atoms with Crippen molar-refractivity contribution in [2.45, 2.75) is 12.8 Å². The molecule has 1 rings (SSSR count). The minimum Gasteiger partial charge on any atom is -0.494 e. The van der Waals surface area contributed by atoms with Gasteiger partial charge in [0.15, 0.2) is 11.6 Å². The van der Waals surface area contributed by atoms with Crippen LogP contribution in [0.5, 0.6) is 5.75 Å². The van der Waals surface area contributed by atoms with Gasteiger partial charge in [0.2, 0.25) is 5.91 Å². The Morgan fingerprint density at radius 2 is 2.25 bits per heavy atom. The van der Waals surface area contributed by atoms with Crippen LogP contribution in [0.15, 0.2) is 18.2 Å². The van der Waals surface area contributed by atoms with E-state index < -0.39 is 5.82 Å². The molecule has 0 radical (unpaired) electrons. The Bertz CT molecular complexity index is 429. The average molecular weight is 301 g/mol. The Morgan fingerprint density at radius 3 is 2.90 bits per heavy atom. The Hall–Kier alpha value is -1.27. The summed E-state index contributed by atoms with van der Waals surface area (Å²) in [7, 11) is 1.40. The maximum atomic E-state index is 13.4. The molecule has 0 saturated heterocycles. The number of rotatable bonds is 9. The summed E-state index contributed by atoms with van der Waals surface area (Å²) in [5, 5.41) is 11.4. The number of aliphatic hydroxyl groups excluding tert-OH is 1. The predicted octanol–water partition coefficient (Wildman–Crippen LogP) is 1.61. The molecule has 0 aliphatic carbocycles. The van der Waals surface area contributed by atoms with Gasteiger partial charge >= 0.3 is 0 Å². The summed E-state index contributed by atoms with van der Waals surface area (Å²) in [5.74, 6) is 1.28. The van der Waals surface area contributed by atoms with Crippen LogP contribution in [0.4, 0.5) is 4.39 Å². The molecule has 0 atom stereocenters. The fourth-order valence-electron chi connectivity index (χ4n) is 1.60. The SMILES string of the molecule is COc1ccc(CC(=O)NCCSCCCO)cc1F. The summed E-state index contributed by atoms with van der Waals surface area (Å²) in [6.07, 6.45) is 0.923. The Morgan fingerprint density at radius 1 is 1.45 bits per heavy atom. The highest BCUT2D eigenvalue weighted by atomic mass is 32.2. The summed E-state index contributed by atoms with van der Waals surface area (Å²) in [6.45, 7) is 0.774. The van der Waals surface area contributed by atoms with Crippen LogP contribution in [0.25, 0.3) is 0 Å². The number of carbonyl (C=O) groups is 1. The Kier molecular flexibility index (Phi) is 8.06. The van der Waals surface area contributed by atoms with Crippen LogP contribution < -0.4 is 10.1 Å². The zero-order chi connectivity index (χ0) is 14.8. The van der Waals surface area contributed by atoms with Crippen LogP contribution in [0.2, 0.25) is 0 Å². The number of methoxy groups -OCH3 is 1. The molecule has 20 heavy (non-hydrogen) atoms. The third-order valence-corrected chi connectivity index (χ3v) is 3.67. The molecular weight excluding hydrogens is 281 g/mol. The van der Waals surface area contributed by atoms with Crippen LogP contribution in [0.3, 0.4) is 0 Å². The van der Waals surface area contributed by atoms with Gasteiger partial charge in [-0.15, -0.1) is 0 Å². The van der Waals surface area contributed by atoms with Crippen molar-refractivity contribution in [3.8, 4) is 5.75 Å². The lowest BCUT2D eigenvalue weighted by molar-refractivity contribution is -0.120. The van der Waals surface area contributed by atoms with Crippen molar-refractivity contribution in [3.05, 3.63) is 29.6 Å². The van der Waals surface area contributed by atoms with E-state index in [0.717, 1.165) is 17.9 Å². The number of amides is 1. The molecule has 0 unspecified atom stereocenters. The largest absolute Gasteiger partial charge is 0.494 e. The molecule has 112 valence electrons. The van der Waals surface area contributed by atoms with Crippen molar-refractivity contribution in [2.75, 3.05) is 31.8 Å². The summed E-state index contributed by atoms with van der Waals surface area (Å²) in [4.78, 5) is 11.7. The average Bonchev–Trinajstić information content (AvgIpc) is 2.43. The third-order valence-electron chi connectivity index (χ3n) is 2.60. The molecule has 0 aliphatic heterocycles. The molecular formula is C14H20FNO3S. The van der Waals surface area contributed by atoms with Crippen LogP contribution in [0.1, 0.15) is 12.0 Å². The smallest absolute Gasteiger partial charge is 0.224 e. The van der Waals surface area contributed by atoms with Crippen molar-refractivity contribution in [1.29, 1.82) is 0 Å². The van der Waals surface area contributed by atoms with Gasteiger partial charge in [-0.3, -0.25) is 4.79 Å². The lowest BCUT2D eigenvalue weighted by Gasteiger charge is -2.07. The lowest BCUT2D eigenvalue weighted by Crippen LogP contribution is -2.27. The maximum absolute atomic E-state index is 13.4. The van der Waals surface area contributed by atoms with Crippen molar-refractivity contribution >= 4 is 17.7 Å². The third kappa shape index (κ3) is 6.25. The molecule has 2 N–H and O–H groups in total. The molecule has 0 aromatic heterocycles. The highest BCUT2D eigenvalue weighted by Crippen LogP contribution is 2.17. The van der Waals surface area contributed by atoms with Crippen molar-refractivity contribution in [1.82, 2.24) is 5.32 Å². The Balaban J connectivity index is 2.26. The first kappa shape index (κ1) is 16.8. The molecule has 0 spiro atoms. The number of hydrogen-bond acceptors (Lipinski definition) is 4. The zero-order valence-corrected chi connectivity index (χ0v) is 12.3. The number of benzene rings is 1. The van der Waals surface area contributed by atoms with Crippen molar-refractivity contribution in [2.24, 2.45) is 0 Å². The van der Waals surface area contributed by atoms with E-state index in [-0.39, 0.29) is 24.7 Å². The van der Waals surface area contributed by atoms with Gasteiger partial charge in [0, 0.05) is 18.9 Å². The minimum absolute atomic E-state index is 0.127. The molecule has 0 heterocycles. The number of nitrogens with one attached hydrogen (secondary N) is 1. The van der Waals surface area contributed by atoms with Gasteiger partial charge in [0.05, 0.1) is 13.5 Å². The fraction of sp³-hybridized carbons (Fsp3) is 0.500. The molecule has 6 heteroatoms. The number of aliphatic hydroxyl groups is 1. The number of halogens is 1. The van der Waals surface area contributed by atoms with E-state index in [0.29, 0.717) is 12.1 Å². The maximum Gasteiger partial charge on any atom is 0.224 e. The van der Waals surface area contributed by atoms with E-state index in [2.05, 4.69) is 5.32 Å². The number of hydrogen-bond donors (Lipinski definition) is 2. The monoisotopic (exact) mass is 301 g/mol. The topological polar surface area (TPSA) is 58.6 Å². The van der Waals surface area contributed by atoms with Crippen LogP contribution in [-0.4, -0.2) is 42.8 Å². The van der Waals surface area contributed by atoms with E-state index in [4.69, 9.17) is 9.84 Å². The quantitative estimate of drug-likeness (QED) is 0.680. The summed E-state index contributed by atoms with van der Waals surface area (Å²) in [5.41, 5.74) is 0.619. The first-order chi connectivity index (χ1) is 9.67. The second-order valence-corrected chi connectivity index (χ2v) is 5.41. The summed E-state index contributed by atoms with van der Waals surface area (Å²) >= 11 is 1.68. The second-order valence-electron chi connectivity index (χ2n) is 4.19. The van der Waals surface area contributed by atoms with Gasteiger partial charge in [0.1, 0.15) is 0 Å². The normalized spacial score (nSPS) is 10.3. The zero-order valence-electron chi connectivity index (χ0n) is 11.5. The van der Waals surface area contributed by atoms with Crippen LogP contribution in [0, 0.1) is 5.82 Å². The molecule has 1 aromatic rings. The van der Waals surface area contributed by atoms with Gasteiger partial charge in [-0.05, 0) is 29.9 Å². The second kappa shape index (κ2) is 9.61. The molecule has 4 nitrogen and oxygen atoms in total. The van der Waals surface area contributed by atoms with Crippen molar-refractivity contribution < 1.29 is 19.0 Å². The van der Waals surface area contributed by atoms with Gasteiger partial charge in [-0.25, -0.2) is 4.39 Å². The van der Waals surface area contributed by atoms with E-state index in [1.54, 1.807) is 17.8 Å². The molecule has 0 bridgehead atoms.